The zero-order valence-electron chi connectivity index (χ0n) is 11.6. The molecule has 0 aliphatic rings. The van der Waals surface area contributed by atoms with Crippen LogP contribution in [0.2, 0.25) is 0 Å². The fourth-order valence-corrected chi connectivity index (χ4v) is 2.11. The summed E-state index contributed by atoms with van der Waals surface area (Å²) in [7, 11) is 1.29. The van der Waals surface area contributed by atoms with E-state index >= 15 is 0 Å². The molecule has 0 spiro atoms. The Morgan fingerprint density at radius 1 is 1.25 bits per heavy atom. The van der Waals surface area contributed by atoms with E-state index in [1.54, 1.807) is 6.07 Å². The van der Waals surface area contributed by atoms with E-state index in [2.05, 4.69) is 4.74 Å². The standard InChI is InChI=1S/C16H18O4/c1-11(12-6-4-3-5-7-12)10-13(17)14-8-9-15(20-14)16(18)19-2/h3-9,11,13,17H,10H2,1-2H3. The lowest BCUT2D eigenvalue weighted by molar-refractivity contribution is 0.0553. The van der Waals surface area contributed by atoms with Crippen molar-refractivity contribution < 1.29 is 19.1 Å². The number of aliphatic hydroxyl groups excluding tert-OH is 1. The molecule has 0 aliphatic carbocycles. The van der Waals surface area contributed by atoms with Gasteiger partial charge < -0.3 is 14.3 Å². The molecule has 2 unspecified atom stereocenters. The van der Waals surface area contributed by atoms with Crippen LogP contribution in [0.25, 0.3) is 0 Å². The van der Waals surface area contributed by atoms with E-state index < -0.39 is 12.1 Å². The van der Waals surface area contributed by atoms with E-state index in [1.807, 2.05) is 37.3 Å². The van der Waals surface area contributed by atoms with Gasteiger partial charge in [-0.1, -0.05) is 37.3 Å². The predicted molar refractivity (Wildman–Crippen MR) is 74.5 cm³/mol. The molecule has 0 fully saturated rings. The topological polar surface area (TPSA) is 59.7 Å². The Balaban J connectivity index is 2.03. The summed E-state index contributed by atoms with van der Waals surface area (Å²) in [5, 5.41) is 10.2. The summed E-state index contributed by atoms with van der Waals surface area (Å²) in [5.41, 5.74) is 1.16. The number of esters is 1. The van der Waals surface area contributed by atoms with Gasteiger partial charge in [-0.3, -0.25) is 0 Å². The van der Waals surface area contributed by atoms with Crippen LogP contribution in [-0.2, 0) is 4.74 Å². The molecule has 2 atom stereocenters. The van der Waals surface area contributed by atoms with Gasteiger partial charge in [-0.05, 0) is 30.0 Å². The monoisotopic (exact) mass is 274 g/mol. The summed E-state index contributed by atoms with van der Waals surface area (Å²) in [6.45, 7) is 2.04. The second-order valence-corrected chi connectivity index (χ2v) is 4.76. The number of rotatable bonds is 5. The molecule has 0 saturated heterocycles. The number of benzene rings is 1. The largest absolute Gasteiger partial charge is 0.463 e. The zero-order valence-corrected chi connectivity index (χ0v) is 11.6. The quantitative estimate of drug-likeness (QED) is 0.850. The average Bonchev–Trinajstić information content (AvgIpc) is 2.97. The summed E-state index contributed by atoms with van der Waals surface area (Å²) >= 11 is 0. The van der Waals surface area contributed by atoms with Crippen molar-refractivity contribution in [2.24, 2.45) is 0 Å². The first-order valence-electron chi connectivity index (χ1n) is 6.53. The number of carbonyl (C=O) groups is 1. The number of methoxy groups -OCH3 is 1. The fourth-order valence-electron chi connectivity index (χ4n) is 2.11. The number of furan rings is 1. The van der Waals surface area contributed by atoms with Crippen LogP contribution in [-0.4, -0.2) is 18.2 Å². The van der Waals surface area contributed by atoms with Gasteiger partial charge in [-0.15, -0.1) is 0 Å². The molecule has 0 amide bonds. The van der Waals surface area contributed by atoms with Gasteiger partial charge in [0.15, 0.2) is 0 Å². The SMILES string of the molecule is COC(=O)c1ccc(C(O)CC(C)c2ccccc2)o1. The summed E-state index contributed by atoms with van der Waals surface area (Å²) < 4.78 is 9.88. The smallest absolute Gasteiger partial charge is 0.373 e. The highest BCUT2D eigenvalue weighted by Crippen LogP contribution is 2.28. The molecule has 20 heavy (non-hydrogen) atoms. The molecule has 1 aromatic carbocycles. The normalized spacial score (nSPS) is 13.8. The minimum atomic E-state index is -0.747. The highest BCUT2D eigenvalue weighted by Gasteiger charge is 2.19. The van der Waals surface area contributed by atoms with E-state index in [0.717, 1.165) is 5.56 Å². The Bertz CT molecular complexity index is 559. The minimum absolute atomic E-state index is 0.105. The van der Waals surface area contributed by atoms with E-state index in [9.17, 15) is 9.90 Å². The first-order valence-corrected chi connectivity index (χ1v) is 6.53. The molecule has 2 rings (SSSR count). The molecule has 1 N–H and O–H groups in total. The van der Waals surface area contributed by atoms with Crippen molar-refractivity contribution in [1.29, 1.82) is 0 Å². The Hall–Kier alpha value is -2.07. The van der Waals surface area contributed by atoms with Crippen molar-refractivity contribution in [3.63, 3.8) is 0 Å². The third kappa shape index (κ3) is 3.27. The van der Waals surface area contributed by atoms with Crippen LogP contribution in [0.4, 0.5) is 0 Å². The molecule has 0 saturated carbocycles. The number of carbonyl (C=O) groups excluding carboxylic acids is 1. The minimum Gasteiger partial charge on any atom is -0.463 e. The fraction of sp³-hybridized carbons (Fsp3) is 0.312. The van der Waals surface area contributed by atoms with Crippen LogP contribution in [0.5, 0.6) is 0 Å². The molecule has 1 heterocycles. The highest BCUT2D eigenvalue weighted by atomic mass is 16.5. The molecule has 106 valence electrons. The molecule has 0 bridgehead atoms. The van der Waals surface area contributed by atoms with Gasteiger partial charge in [-0.2, -0.15) is 0 Å². The summed E-state index contributed by atoms with van der Waals surface area (Å²) in [5.74, 6) is 0.138. The molecule has 4 heteroatoms. The lowest BCUT2D eigenvalue weighted by Crippen LogP contribution is -2.03. The lowest BCUT2D eigenvalue weighted by Gasteiger charge is -2.15. The Morgan fingerprint density at radius 2 is 1.95 bits per heavy atom. The van der Waals surface area contributed by atoms with Crippen LogP contribution in [0.15, 0.2) is 46.9 Å². The van der Waals surface area contributed by atoms with Crippen LogP contribution in [0, 0.1) is 0 Å². The van der Waals surface area contributed by atoms with E-state index in [1.165, 1.54) is 13.2 Å². The molecular weight excluding hydrogens is 256 g/mol. The first kappa shape index (κ1) is 14.3. The van der Waals surface area contributed by atoms with Crippen molar-refractivity contribution in [3.05, 3.63) is 59.5 Å². The van der Waals surface area contributed by atoms with Gasteiger partial charge in [0.2, 0.25) is 5.76 Å². The summed E-state index contributed by atoms with van der Waals surface area (Å²) in [4.78, 5) is 11.3. The number of ether oxygens (including phenoxy) is 1. The average molecular weight is 274 g/mol. The van der Waals surface area contributed by atoms with Crippen LogP contribution in [0.3, 0.4) is 0 Å². The van der Waals surface area contributed by atoms with Crippen LogP contribution >= 0.6 is 0 Å². The third-order valence-corrected chi connectivity index (χ3v) is 3.29. The molecule has 0 radical (unpaired) electrons. The third-order valence-electron chi connectivity index (χ3n) is 3.29. The predicted octanol–water partition coefficient (Wildman–Crippen LogP) is 3.29. The van der Waals surface area contributed by atoms with Crippen molar-refractivity contribution in [2.45, 2.75) is 25.4 Å². The lowest BCUT2D eigenvalue weighted by atomic mass is 9.94. The number of hydrogen-bond acceptors (Lipinski definition) is 4. The second-order valence-electron chi connectivity index (χ2n) is 4.76. The van der Waals surface area contributed by atoms with E-state index in [4.69, 9.17) is 4.42 Å². The van der Waals surface area contributed by atoms with Gasteiger partial charge in [0.1, 0.15) is 11.9 Å². The van der Waals surface area contributed by atoms with E-state index in [-0.39, 0.29) is 11.7 Å². The van der Waals surface area contributed by atoms with E-state index in [0.29, 0.717) is 12.2 Å². The Kier molecular flexibility index (Phi) is 4.58. The Labute approximate surface area is 118 Å². The van der Waals surface area contributed by atoms with Gasteiger partial charge in [0, 0.05) is 0 Å². The van der Waals surface area contributed by atoms with Crippen molar-refractivity contribution in [2.75, 3.05) is 7.11 Å². The highest BCUT2D eigenvalue weighted by molar-refractivity contribution is 5.86. The Morgan fingerprint density at radius 3 is 2.60 bits per heavy atom. The van der Waals surface area contributed by atoms with Crippen LogP contribution < -0.4 is 0 Å². The second kappa shape index (κ2) is 6.39. The molecular formula is C16H18O4. The maximum absolute atomic E-state index is 11.3. The number of hydrogen-bond donors (Lipinski definition) is 1. The van der Waals surface area contributed by atoms with Crippen molar-refractivity contribution in [3.8, 4) is 0 Å². The van der Waals surface area contributed by atoms with Crippen molar-refractivity contribution >= 4 is 5.97 Å². The maximum atomic E-state index is 11.3. The molecule has 0 aliphatic heterocycles. The molecule has 2 aromatic rings. The summed E-state index contributed by atoms with van der Waals surface area (Å²) in [6, 6.07) is 13.1. The van der Waals surface area contributed by atoms with Gasteiger partial charge >= 0.3 is 5.97 Å². The van der Waals surface area contributed by atoms with Crippen molar-refractivity contribution in [1.82, 2.24) is 0 Å². The summed E-state index contributed by atoms with van der Waals surface area (Å²) in [6.07, 6.45) is -0.221. The van der Waals surface area contributed by atoms with Gasteiger partial charge in [0.25, 0.3) is 0 Å². The van der Waals surface area contributed by atoms with Gasteiger partial charge in [0.05, 0.1) is 7.11 Å². The van der Waals surface area contributed by atoms with Crippen LogP contribution in [0.1, 0.15) is 47.2 Å². The molecule has 4 nitrogen and oxygen atoms in total. The first-order chi connectivity index (χ1) is 9.61. The zero-order chi connectivity index (χ0) is 14.5. The molecule has 1 aromatic heterocycles. The maximum Gasteiger partial charge on any atom is 0.373 e. The number of aliphatic hydroxyl groups is 1. The van der Waals surface area contributed by atoms with Gasteiger partial charge in [-0.25, -0.2) is 4.79 Å².